The first-order valence-electron chi connectivity index (χ1n) is 11.7. The molecule has 2 amide bonds. The molecule has 0 radical (unpaired) electrons. The molecule has 0 aromatic heterocycles. The summed E-state index contributed by atoms with van der Waals surface area (Å²) in [5.41, 5.74) is 3.61. The van der Waals surface area contributed by atoms with Gasteiger partial charge in [0.25, 0.3) is 11.8 Å². The molecule has 2 aromatic carbocycles. The van der Waals surface area contributed by atoms with E-state index in [2.05, 4.69) is 22.8 Å². The number of hydrogen-bond donors (Lipinski definition) is 2. The van der Waals surface area contributed by atoms with Crippen molar-refractivity contribution in [2.45, 2.75) is 64.1 Å². The van der Waals surface area contributed by atoms with Gasteiger partial charge in [0.1, 0.15) is 5.75 Å². The summed E-state index contributed by atoms with van der Waals surface area (Å²) in [5.74, 6) is 0.236. The lowest BCUT2D eigenvalue weighted by Crippen LogP contribution is -2.35. The van der Waals surface area contributed by atoms with Crippen molar-refractivity contribution in [1.82, 2.24) is 5.32 Å². The third-order valence-corrected chi connectivity index (χ3v) is 6.21. The fourth-order valence-electron chi connectivity index (χ4n) is 4.38. The molecular weight excluding hydrogens is 404 g/mol. The van der Waals surface area contributed by atoms with E-state index in [0.717, 1.165) is 38.0 Å². The minimum Gasteiger partial charge on any atom is -0.481 e. The van der Waals surface area contributed by atoms with Gasteiger partial charge in [0, 0.05) is 13.2 Å². The molecule has 0 bridgehead atoms. The van der Waals surface area contributed by atoms with Crippen molar-refractivity contribution in [3.8, 4) is 5.75 Å². The van der Waals surface area contributed by atoms with Gasteiger partial charge in [0.05, 0.1) is 17.4 Å². The minimum absolute atomic E-state index is 0.0650. The number of rotatable bonds is 8. The molecule has 2 atom stereocenters. The van der Waals surface area contributed by atoms with E-state index < -0.39 is 6.10 Å². The average molecular weight is 437 g/mol. The summed E-state index contributed by atoms with van der Waals surface area (Å²) in [6, 6.07) is 13.2. The Kier molecular flexibility index (Phi) is 7.43. The Balaban J connectivity index is 1.40. The molecule has 1 fully saturated rings. The molecule has 170 valence electrons. The van der Waals surface area contributed by atoms with E-state index in [4.69, 9.17) is 9.47 Å². The Hall–Kier alpha value is -2.86. The maximum absolute atomic E-state index is 13.0. The first kappa shape index (κ1) is 22.3. The number of fused-ring (bicyclic) bond motifs is 1. The summed E-state index contributed by atoms with van der Waals surface area (Å²) in [4.78, 5) is 25.7. The second-order valence-corrected chi connectivity index (χ2v) is 8.53. The van der Waals surface area contributed by atoms with Crippen LogP contribution in [0.5, 0.6) is 5.75 Å². The molecule has 4 rings (SSSR count). The number of hydrogen-bond acceptors (Lipinski definition) is 4. The lowest BCUT2D eigenvalue weighted by Gasteiger charge is -2.21. The van der Waals surface area contributed by atoms with E-state index in [0.29, 0.717) is 24.2 Å². The van der Waals surface area contributed by atoms with Crippen molar-refractivity contribution in [2.24, 2.45) is 0 Å². The van der Waals surface area contributed by atoms with Gasteiger partial charge in [-0.15, -0.1) is 0 Å². The third kappa shape index (κ3) is 5.49. The SMILES string of the molecule is CC[C@@H](Oc1ccc2c(c1)CCCC2)C(=O)Nc1ccccc1C(=O)NC[C@H]1CCCO1. The van der Waals surface area contributed by atoms with E-state index in [9.17, 15) is 9.59 Å². The highest BCUT2D eigenvalue weighted by molar-refractivity contribution is 6.04. The molecule has 2 aliphatic rings. The zero-order valence-corrected chi connectivity index (χ0v) is 18.7. The van der Waals surface area contributed by atoms with Crippen LogP contribution in [0.15, 0.2) is 42.5 Å². The number of carbonyl (C=O) groups excluding carboxylic acids is 2. The van der Waals surface area contributed by atoms with Crippen LogP contribution in [0.1, 0.15) is 60.5 Å². The minimum atomic E-state index is -0.639. The van der Waals surface area contributed by atoms with Crippen LogP contribution >= 0.6 is 0 Å². The second kappa shape index (κ2) is 10.6. The molecule has 2 aromatic rings. The van der Waals surface area contributed by atoms with Crippen LogP contribution in [0.2, 0.25) is 0 Å². The molecule has 0 spiro atoms. The Bertz CT molecular complexity index is 953. The monoisotopic (exact) mass is 436 g/mol. The standard InChI is InChI=1S/C26H32N2O4/c1-2-24(32-20-14-13-18-8-3-4-9-19(18)16-20)26(30)28-23-12-6-5-11-22(23)25(29)27-17-21-10-7-15-31-21/h5-6,11-14,16,21,24H,2-4,7-10,15,17H2,1H3,(H,27,29)(H,28,30)/t21-,24-/m1/s1. The van der Waals surface area contributed by atoms with Gasteiger partial charge in [0.15, 0.2) is 6.10 Å². The molecule has 0 unspecified atom stereocenters. The van der Waals surface area contributed by atoms with Crippen molar-refractivity contribution in [3.05, 3.63) is 59.2 Å². The van der Waals surface area contributed by atoms with Crippen LogP contribution in [0, 0.1) is 0 Å². The quantitative estimate of drug-likeness (QED) is 0.648. The fourth-order valence-corrected chi connectivity index (χ4v) is 4.38. The summed E-state index contributed by atoms with van der Waals surface area (Å²) in [6.07, 6.45) is 6.52. The molecule has 0 saturated carbocycles. The number of amides is 2. The van der Waals surface area contributed by atoms with Crippen LogP contribution in [0.4, 0.5) is 5.69 Å². The van der Waals surface area contributed by atoms with Gasteiger partial charge in [0.2, 0.25) is 0 Å². The van der Waals surface area contributed by atoms with Gasteiger partial charge < -0.3 is 20.1 Å². The first-order valence-corrected chi connectivity index (χ1v) is 11.7. The van der Waals surface area contributed by atoms with Crippen LogP contribution in [-0.4, -0.2) is 37.2 Å². The summed E-state index contributed by atoms with van der Waals surface area (Å²) in [7, 11) is 0. The Labute approximate surface area is 189 Å². The van der Waals surface area contributed by atoms with Gasteiger partial charge in [-0.2, -0.15) is 0 Å². The molecule has 6 nitrogen and oxygen atoms in total. The van der Waals surface area contributed by atoms with Crippen molar-refractivity contribution < 1.29 is 19.1 Å². The number of ether oxygens (including phenoxy) is 2. The molecule has 1 aliphatic carbocycles. The van der Waals surface area contributed by atoms with Gasteiger partial charge in [-0.25, -0.2) is 0 Å². The van der Waals surface area contributed by atoms with E-state index in [1.165, 1.54) is 24.0 Å². The molecule has 1 aliphatic heterocycles. The largest absolute Gasteiger partial charge is 0.481 e. The smallest absolute Gasteiger partial charge is 0.265 e. The van der Waals surface area contributed by atoms with E-state index in [1.807, 2.05) is 13.0 Å². The van der Waals surface area contributed by atoms with Crippen LogP contribution in [0.3, 0.4) is 0 Å². The van der Waals surface area contributed by atoms with E-state index in [-0.39, 0.29) is 17.9 Å². The van der Waals surface area contributed by atoms with E-state index in [1.54, 1.807) is 24.3 Å². The second-order valence-electron chi connectivity index (χ2n) is 8.53. The lowest BCUT2D eigenvalue weighted by atomic mass is 9.92. The zero-order valence-electron chi connectivity index (χ0n) is 18.7. The maximum Gasteiger partial charge on any atom is 0.265 e. The molecule has 32 heavy (non-hydrogen) atoms. The third-order valence-electron chi connectivity index (χ3n) is 6.21. The van der Waals surface area contributed by atoms with Crippen LogP contribution < -0.4 is 15.4 Å². The predicted molar refractivity (Wildman–Crippen MR) is 124 cm³/mol. The van der Waals surface area contributed by atoms with Gasteiger partial charge in [-0.05, 0) is 80.3 Å². The van der Waals surface area contributed by atoms with Gasteiger partial charge in [-0.1, -0.05) is 25.1 Å². The lowest BCUT2D eigenvalue weighted by molar-refractivity contribution is -0.122. The summed E-state index contributed by atoms with van der Waals surface area (Å²) in [6.45, 7) is 3.14. The Morgan fingerprint density at radius 1 is 1.09 bits per heavy atom. The molecule has 2 N–H and O–H groups in total. The van der Waals surface area contributed by atoms with Gasteiger partial charge in [-0.3, -0.25) is 9.59 Å². The molecule has 6 heteroatoms. The highest BCUT2D eigenvalue weighted by Crippen LogP contribution is 2.26. The van der Waals surface area contributed by atoms with Crippen LogP contribution in [0.25, 0.3) is 0 Å². The number of aryl methyl sites for hydroxylation is 2. The average Bonchev–Trinajstić information content (AvgIpc) is 3.35. The summed E-state index contributed by atoms with van der Waals surface area (Å²) in [5, 5.41) is 5.82. The number of para-hydroxylation sites is 1. The topological polar surface area (TPSA) is 76.7 Å². The van der Waals surface area contributed by atoms with Crippen molar-refractivity contribution >= 4 is 17.5 Å². The Morgan fingerprint density at radius 3 is 2.69 bits per heavy atom. The van der Waals surface area contributed by atoms with Crippen molar-refractivity contribution in [2.75, 3.05) is 18.5 Å². The molecular formula is C26H32N2O4. The maximum atomic E-state index is 13.0. The summed E-state index contributed by atoms with van der Waals surface area (Å²) >= 11 is 0. The highest BCUT2D eigenvalue weighted by atomic mass is 16.5. The normalized spacial score (nSPS) is 18.5. The number of anilines is 1. The van der Waals surface area contributed by atoms with Crippen molar-refractivity contribution in [1.29, 1.82) is 0 Å². The van der Waals surface area contributed by atoms with E-state index >= 15 is 0 Å². The highest BCUT2D eigenvalue weighted by Gasteiger charge is 2.22. The number of benzene rings is 2. The summed E-state index contributed by atoms with van der Waals surface area (Å²) < 4.78 is 11.6. The van der Waals surface area contributed by atoms with Crippen molar-refractivity contribution in [3.63, 3.8) is 0 Å². The first-order chi connectivity index (χ1) is 15.6. The zero-order chi connectivity index (χ0) is 22.3. The predicted octanol–water partition coefficient (Wildman–Crippen LogP) is 4.27. The molecule has 1 saturated heterocycles. The fraction of sp³-hybridized carbons (Fsp3) is 0.462. The van der Waals surface area contributed by atoms with Crippen LogP contribution in [-0.2, 0) is 22.4 Å². The number of carbonyl (C=O) groups is 2. The Morgan fingerprint density at radius 2 is 1.91 bits per heavy atom. The van der Waals surface area contributed by atoms with Gasteiger partial charge >= 0.3 is 0 Å². The number of nitrogens with one attached hydrogen (secondary N) is 2. The molecule has 1 heterocycles.